The maximum atomic E-state index is 5.92. The fraction of sp³-hybridized carbons (Fsp3) is 0.625. The van der Waals surface area contributed by atoms with Gasteiger partial charge in [-0.1, -0.05) is 49.6 Å². The molecule has 0 bridgehead atoms. The first-order valence-corrected chi connectivity index (χ1v) is 7.38. The molecule has 2 heteroatoms. The van der Waals surface area contributed by atoms with E-state index in [0.29, 0.717) is 11.5 Å². The SMILES string of the molecule is NNC(C1CCCCC1)C1(c2ccccc2)CC1. The van der Waals surface area contributed by atoms with Gasteiger partial charge in [-0.3, -0.25) is 11.3 Å². The molecule has 1 aromatic carbocycles. The molecular formula is C16H24N2. The minimum absolute atomic E-state index is 0.331. The molecule has 3 rings (SSSR count). The molecule has 1 unspecified atom stereocenters. The van der Waals surface area contributed by atoms with E-state index in [-0.39, 0.29) is 0 Å². The van der Waals surface area contributed by atoms with E-state index in [9.17, 15) is 0 Å². The fourth-order valence-corrected chi connectivity index (χ4v) is 3.90. The zero-order valence-corrected chi connectivity index (χ0v) is 11.1. The smallest absolute Gasteiger partial charge is 0.0335 e. The zero-order chi connectivity index (χ0) is 12.4. The number of nitrogens with two attached hydrogens (primary N) is 1. The van der Waals surface area contributed by atoms with Crippen LogP contribution in [0.3, 0.4) is 0 Å². The highest BCUT2D eigenvalue weighted by Gasteiger charge is 2.52. The number of hydrogen-bond donors (Lipinski definition) is 2. The van der Waals surface area contributed by atoms with Crippen LogP contribution < -0.4 is 11.3 Å². The van der Waals surface area contributed by atoms with Crippen molar-refractivity contribution in [3.8, 4) is 0 Å². The summed E-state index contributed by atoms with van der Waals surface area (Å²) in [5.41, 5.74) is 4.99. The summed E-state index contributed by atoms with van der Waals surface area (Å²) < 4.78 is 0. The second kappa shape index (κ2) is 5.02. The molecule has 18 heavy (non-hydrogen) atoms. The summed E-state index contributed by atoms with van der Waals surface area (Å²) in [6.07, 6.45) is 9.46. The van der Waals surface area contributed by atoms with E-state index in [2.05, 4.69) is 35.8 Å². The van der Waals surface area contributed by atoms with E-state index in [0.717, 1.165) is 5.92 Å². The summed E-state index contributed by atoms with van der Waals surface area (Å²) in [6.45, 7) is 0. The van der Waals surface area contributed by atoms with Crippen LogP contribution in [0, 0.1) is 5.92 Å². The van der Waals surface area contributed by atoms with Gasteiger partial charge in [-0.2, -0.15) is 0 Å². The van der Waals surface area contributed by atoms with Gasteiger partial charge in [0.05, 0.1) is 0 Å². The lowest BCUT2D eigenvalue weighted by molar-refractivity contribution is 0.231. The Morgan fingerprint density at radius 2 is 1.72 bits per heavy atom. The summed E-state index contributed by atoms with van der Waals surface area (Å²) in [5.74, 6) is 6.69. The average Bonchev–Trinajstić information content (AvgIpc) is 3.24. The second-order valence-corrected chi connectivity index (χ2v) is 6.06. The minimum atomic E-state index is 0.331. The zero-order valence-electron chi connectivity index (χ0n) is 11.1. The summed E-state index contributed by atoms with van der Waals surface area (Å²) in [7, 11) is 0. The van der Waals surface area contributed by atoms with Gasteiger partial charge in [0.2, 0.25) is 0 Å². The first kappa shape index (κ1) is 12.2. The van der Waals surface area contributed by atoms with Gasteiger partial charge in [0.25, 0.3) is 0 Å². The Hall–Kier alpha value is -0.860. The van der Waals surface area contributed by atoms with E-state index in [1.54, 1.807) is 0 Å². The lowest BCUT2D eigenvalue weighted by atomic mass is 9.75. The van der Waals surface area contributed by atoms with E-state index >= 15 is 0 Å². The quantitative estimate of drug-likeness (QED) is 0.631. The van der Waals surface area contributed by atoms with Crippen LogP contribution in [-0.2, 0) is 5.41 Å². The van der Waals surface area contributed by atoms with Crippen molar-refractivity contribution in [1.82, 2.24) is 5.43 Å². The van der Waals surface area contributed by atoms with Crippen LogP contribution in [0.2, 0.25) is 0 Å². The lowest BCUT2D eigenvalue weighted by Gasteiger charge is -2.36. The van der Waals surface area contributed by atoms with Crippen molar-refractivity contribution in [2.45, 2.75) is 56.4 Å². The molecule has 0 amide bonds. The molecule has 2 aliphatic carbocycles. The standard InChI is InChI=1S/C16H24N2/c17-18-15(13-7-3-1-4-8-13)16(11-12-16)14-9-5-2-6-10-14/h2,5-6,9-10,13,15,18H,1,3-4,7-8,11-12,17H2. The van der Waals surface area contributed by atoms with Crippen LogP contribution in [0.4, 0.5) is 0 Å². The number of benzene rings is 1. The molecule has 2 nitrogen and oxygen atoms in total. The van der Waals surface area contributed by atoms with E-state index < -0.39 is 0 Å². The van der Waals surface area contributed by atoms with Gasteiger partial charge in [-0.15, -0.1) is 0 Å². The van der Waals surface area contributed by atoms with Gasteiger partial charge in [0.1, 0.15) is 0 Å². The Kier molecular flexibility index (Phi) is 3.40. The van der Waals surface area contributed by atoms with Gasteiger partial charge in [-0.05, 0) is 37.2 Å². The monoisotopic (exact) mass is 244 g/mol. The van der Waals surface area contributed by atoms with E-state index in [1.807, 2.05) is 0 Å². The third-order valence-corrected chi connectivity index (χ3v) is 5.03. The summed E-state index contributed by atoms with van der Waals surface area (Å²) >= 11 is 0. The van der Waals surface area contributed by atoms with Crippen LogP contribution in [0.25, 0.3) is 0 Å². The maximum absolute atomic E-state index is 5.92. The van der Waals surface area contributed by atoms with Crippen LogP contribution in [0.1, 0.15) is 50.5 Å². The van der Waals surface area contributed by atoms with Crippen molar-refractivity contribution in [3.05, 3.63) is 35.9 Å². The number of rotatable bonds is 4. The number of nitrogens with one attached hydrogen (secondary N) is 1. The molecule has 0 spiro atoms. The molecule has 2 fully saturated rings. The van der Waals surface area contributed by atoms with Crippen LogP contribution in [0.15, 0.2) is 30.3 Å². The predicted molar refractivity (Wildman–Crippen MR) is 75.0 cm³/mol. The summed E-state index contributed by atoms with van der Waals surface area (Å²) in [4.78, 5) is 0. The van der Waals surface area contributed by atoms with Crippen LogP contribution in [-0.4, -0.2) is 6.04 Å². The molecule has 3 N–H and O–H groups in total. The van der Waals surface area contributed by atoms with E-state index in [1.165, 1.54) is 50.5 Å². The van der Waals surface area contributed by atoms with Gasteiger partial charge in [0, 0.05) is 11.5 Å². The van der Waals surface area contributed by atoms with Crippen molar-refractivity contribution >= 4 is 0 Å². The third-order valence-electron chi connectivity index (χ3n) is 5.03. The molecule has 98 valence electrons. The summed E-state index contributed by atoms with van der Waals surface area (Å²) in [6, 6.07) is 11.4. The molecule has 0 heterocycles. The Labute approximate surface area is 110 Å². The first-order valence-electron chi connectivity index (χ1n) is 7.38. The van der Waals surface area contributed by atoms with Crippen LogP contribution >= 0.6 is 0 Å². The molecule has 1 aromatic rings. The van der Waals surface area contributed by atoms with Crippen molar-refractivity contribution in [3.63, 3.8) is 0 Å². The largest absolute Gasteiger partial charge is 0.271 e. The molecule has 2 saturated carbocycles. The third kappa shape index (κ3) is 2.08. The summed E-state index contributed by atoms with van der Waals surface area (Å²) in [5, 5.41) is 0. The fourth-order valence-electron chi connectivity index (χ4n) is 3.90. The Bertz CT molecular complexity index is 377. The Morgan fingerprint density at radius 3 is 2.28 bits per heavy atom. The van der Waals surface area contributed by atoms with E-state index in [4.69, 9.17) is 5.84 Å². The topological polar surface area (TPSA) is 38.0 Å². The highest BCUT2D eigenvalue weighted by atomic mass is 15.2. The Morgan fingerprint density at radius 1 is 1.06 bits per heavy atom. The van der Waals surface area contributed by atoms with Crippen molar-refractivity contribution in [1.29, 1.82) is 0 Å². The number of hydrazine groups is 1. The number of hydrogen-bond acceptors (Lipinski definition) is 2. The molecule has 0 saturated heterocycles. The molecular weight excluding hydrogens is 220 g/mol. The molecule has 0 aromatic heterocycles. The molecule has 1 atom stereocenters. The van der Waals surface area contributed by atoms with Crippen LogP contribution in [0.5, 0.6) is 0 Å². The van der Waals surface area contributed by atoms with Gasteiger partial charge < -0.3 is 0 Å². The lowest BCUT2D eigenvalue weighted by Crippen LogP contribution is -2.49. The second-order valence-electron chi connectivity index (χ2n) is 6.06. The van der Waals surface area contributed by atoms with Gasteiger partial charge in [0.15, 0.2) is 0 Å². The molecule has 0 aliphatic heterocycles. The highest BCUT2D eigenvalue weighted by Crippen LogP contribution is 2.54. The predicted octanol–water partition coefficient (Wildman–Crippen LogP) is 3.13. The maximum Gasteiger partial charge on any atom is 0.0335 e. The average molecular weight is 244 g/mol. The highest BCUT2D eigenvalue weighted by molar-refractivity contribution is 5.34. The Balaban J connectivity index is 1.82. The normalized spacial score (nSPS) is 24.7. The van der Waals surface area contributed by atoms with Gasteiger partial charge >= 0.3 is 0 Å². The van der Waals surface area contributed by atoms with Gasteiger partial charge in [-0.25, -0.2) is 0 Å². The molecule has 2 aliphatic rings. The first-order chi connectivity index (χ1) is 8.87. The molecule has 0 radical (unpaired) electrons. The minimum Gasteiger partial charge on any atom is -0.271 e. The van der Waals surface area contributed by atoms with Crippen molar-refractivity contribution < 1.29 is 0 Å². The van der Waals surface area contributed by atoms with Crippen molar-refractivity contribution in [2.75, 3.05) is 0 Å². The van der Waals surface area contributed by atoms with Crippen molar-refractivity contribution in [2.24, 2.45) is 11.8 Å².